The standard InChI is InChI=1S/C21H16ClN3O3S/c1-13-2-7-18-17(8-13)15(9-20(26)27-18)11-29-12-19-24-25-21(28-19)23-10-14-3-5-16(22)6-4-14/h2-10H,11-12H2,1H3/b23-10+. The van der Waals surface area contributed by atoms with Crippen molar-refractivity contribution in [3.05, 3.63) is 86.6 Å². The van der Waals surface area contributed by atoms with Crippen LogP contribution in [0.5, 0.6) is 0 Å². The van der Waals surface area contributed by atoms with E-state index < -0.39 is 0 Å². The van der Waals surface area contributed by atoms with Crippen LogP contribution in [0.2, 0.25) is 5.02 Å². The molecule has 0 N–H and O–H groups in total. The van der Waals surface area contributed by atoms with Crippen LogP contribution in [0.1, 0.15) is 22.6 Å². The number of aromatic nitrogens is 2. The van der Waals surface area contributed by atoms with Gasteiger partial charge in [-0.25, -0.2) is 9.79 Å². The molecular weight excluding hydrogens is 410 g/mol. The van der Waals surface area contributed by atoms with Crippen LogP contribution in [0.15, 0.2) is 67.2 Å². The lowest BCUT2D eigenvalue weighted by Gasteiger charge is -2.05. The largest absolute Gasteiger partial charge is 0.423 e. The highest BCUT2D eigenvalue weighted by molar-refractivity contribution is 7.97. The normalized spacial score (nSPS) is 11.5. The average molecular weight is 426 g/mol. The van der Waals surface area contributed by atoms with Gasteiger partial charge in [-0.2, -0.15) is 0 Å². The van der Waals surface area contributed by atoms with Crippen molar-refractivity contribution in [3.8, 4) is 0 Å². The Kier molecular flexibility index (Phi) is 5.78. The van der Waals surface area contributed by atoms with Gasteiger partial charge in [0.15, 0.2) is 0 Å². The van der Waals surface area contributed by atoms with Crippen LogP contribution in [-0.2, 0) is 11.5 Å². The Bertz CT molecular complexity index is 1230. The van der Waals surface area contributed by atoms with E-state index >= 15 is 0 Å². The molecule has 0 fully saturated rings. The Hall–Kier alpha value is -2.90. The highest BCUT2D eigenvalue weighted by atomic mass is 35.5. The monoisotopic (exact) mass is 425 g/mol. The molecule has 2 aromatic heterocycles. The Morgan fingerprint density at radius 3 is 2.72 bits per heavy atom. The zero-order chi connectivity index (χ0) is 20.2. The quantitative estimate of drug-likeness (QED) is 0.307. The summed E-state index contributed by atoms with van der Waals surface area (Å²) in [5, 5.41) is 9.55. The van der Waals surface area contributed by atoms with E-state index in [4.69, 9.17) is 20.4 Å². The number of nitrogens with zero attached hydrogens (tertiary/aromatic N) is 3. The van der Waals surface area contributed by atoms with E-state index in [-0.39, 0.29) is 11.6 Å². The Balaban J connectivity index is 1.41. The highest BCUT2D eigenvalue weighted by Crippen LogP contribution is 2.25. The molecule has 2 aromatic carbocycles. The number of halogens is 1. The average Bonchev–Trinajstić information content (AvgIpc) is 3.16. The van der Waals surface area contributed by atoms with Crippen LogP contribution >= 0.6 is 23.4 Å². The first kappa shape index (κ1) is 19.4. The predicted octanol–water partition coefficient (Wildman–Crippen LogP) is 5.32. The van der Waals surface area contributed by atoms with Gasteiger partial charge in [0.2, 0.25) is 5.89 Å². The summed E-state index contributed by atoms with van der Waals surface area (Å²) in [4.78, 5) is 16.0. The summed E-state index contributed by atoms with van der Waals surface area (Å²) in [5.74, 6) is 1.61. The zero-order valence-corrected chi connectivity index (χ0v) is 17.0. The van der Waals surface area contributed by atoms with Crippen molar-refractivity contribution in [2.45, 2.75) is 18.4 Å². The summed E-state index contributed by atoms with van der Waals surface area (Å²) < 4.78 is 10.8. The van der Waals surface area contributed by atoms with Crippen LogP contribution < -0.4 is 5.63 Å². The molecule has 8 heteroatoms. The molecule has 29 heavy (non-hydrogen) atoms. The van der Waals surface area contributed by atoms with Crippen molar-refractivity contribution in [3.63, 3.8) is 0 Å². The van der Waals surface area contributed by atoms with Gasteiger partial charge in [0.05, 0.1) is 5.75 Å². The Morgan fingerprint density at radius 2 is 1.90 bits per heavy atom. The number of rotatable bonds is 6. The van der Waals surface area contributed by atoms with E-state index in [1.165, 1.54) is 6.07 Å². The van der Waals surface area contributed by atoms with Gasteiger partial charge < -0.3 is 8.83 Å². The maximum absolute atomic E-state index is 11.8. The molecule has 6 nitrogen and oxygen atoms in total. The van der Waals surface area contributed by atoms with E-state index in [2.05, 4.69) is 15.2 Å². The zero-order valence-electron chi connectivity index (χ0n) is 15.5. The lowest BCUT2D eigenvalue weighted by molar-refractivity contribution is 0.525. The maximum Gasteiger partial charge on any atom is 0.342 e. The van der Waals surface area contributed by atoms with Gasteiger partial charge in [0, 0.05) is 28.4 Å². The van der Waals surface area contributed by atoms with Crippen molar-refractivity contribution in [2.75, 3.05) is 0 Å². The molecule has 4 rings (SSSR count). The van der Waals surface area contributed by atoms with Gasteiger partial charge in [0.25, 0.3) is 0 Å². The number of fused-ring (bicyclic) bond motifs is 1. The second-order valence-corrected chi connectivity index (χ2v) is 7.79. The second kappa shape index (κ2) is 8.63. The molecule has 0 aliphatic carbocycles. The molecule has 0 saturated heterocycles. The molecule has 0 aliphatic rings. The van der Waals surface area contributed by atoms with Crippen molar-refractivity contribution < 1.29 is 8.83 Å². The Morgan fingerprint density at radius 1 is 1.07 bits per heavy atom. The molecule has 0 spiro atoms. The van der Waals surface area contributed by atoms with Crippen molar-refractivity contribution in [1.82, 2.24) is 10.2 Å². The fourth-order valence-corrected chi connectivity index (χ4v) is 3.72. The van der Waals surface area contributed by atoms with Crippen molar-refractivity contribution in [1.29, 1.82) is 0 Å². The molecule has 0 saturated carbocycles. The minimum Gasteiger partial charge on any atom is -0.423 e. The third kappa shape index (κ3) is 4.93. The molecule has 0 amide bonds. The molecule has 146 valence electrons. The molecule has 0 bridgehead atoms. The first-order valence-corrected chi connectivity index (χ1v) is 10.3. The van der Waals surface area contributed by atoms with Crippen molar-refractivity contribution in [2.24, 2.45) is 4.99 Å². The molecule has 0 unspecified atom stereocenters. The number of benzene rings is 2. The summed E-state index contributed by atoms with van der Waals surface area (Å²) in [5.41, 5.74) is 3.15. The molecule has 2 heterocycles. The van der Waals surface area contributed by atoms with Gasteiger partial charge >= 0.3 is 11.6 Å². The third-order valence-electron chi connectivity index (χ3n) is 4.12. The summed E-state index contributed by atoms with van der Waals surface area (Å²) in [6.07, 6.45) is 1.64. The first-order valence-electron chi connectivity index (χ1n) is 8.80. The van der Waals surface area contributed by atoms with Crippen LogP contribution in [0.25, 0.3) is 11.0 Å². The summed E-state index contributed by atoms with van der Waals surface area (Å²) >= 11 is 7.44. The van der Waals surface area contributed by atoms with E-state index in [1.807, 2.05) is 37.3 Å². The van der Waals surface area contributed by atoms with E-state index in [0.29, 0.717) is 28.0 Å². The predicted molar refractivity (Wildman–Crippen MR) is 115 cm³/mol. The van der Waals surface area contributed by atoms with Gasteiger partial charge in [-0.05, 0) is 42.3 Å². The SMILES string of the molecule is Cc1ccc2oc(=O)cc(CSCc3nnc(/N=C/c4ccc(Cl)cc4)o3)c2c1. The van der Waals surface area contributed by atoms with Gasteiger partial charge in [0.1, 0.15) is 5.58 Å². The molecule has 0 atom stereocenters. The molecular formula is C21H16ClN3O3S. The topological polar surface area (TPSA) is 81.5 Å². The number of aryl methyl sites for hydroxylation is 1. The van der Waals surface area contributed by atoms with Crippen LogP contribution in [-0.4, -0.2) is 16.4 Å². The van der Waals surface area contributed by atoms with Gasteiger partial charge in [-0.3, -0.25) is 0 Å². The Labute approximate surface area is 175 Å². The second-order valence-electron chi connectivity index (χ2n) is 6.37. The first-order chi connectivity index (χ1) is 14.1. The summed E-state index contributed by atoms with van der Waals surface area (Å²) in [6.45, 7) is 2.01. The van der Waals surface area contributed by atoms with Gasteiger partial charge in [-0.1, -0.05) is 40.5 Å². The van der Waals surface area contributed by atoms with E-state index in [0.717, 1.165) is 22.1 Å². The lowest BCUT2D eigenvalue weighted by Crippen LogP contribution is -2.00. The smallest absolute Gasteiger partial charge is 0.342 e. The number of hydrogen-bond donors (Lipinski definition) is 0. The lowest BCUT2D eigenvalue weighted by atomic mass is 10.1. The number of thioether (sulfide) groups is 1. The number of aliphatic imine (C=N–C) groups is 1. The summed E-state index contributed by atoms with van der Waals surface area (Å²) in [6, 6.07) is 14.8. The minimum atomic E-state index is -0.353. The van der Waals surface area contributed by atoms with Crippen molar-refractivity contribution >= 4 is 46.6 Å². The van der Waals surface area contributed by atoms with Crippen LogP contribution in [0.4, 0.5) is 6.01 Å². The fraction of sp³-hybridized carbons (Fsp3) is 0.143. The number of hydrogen-bond acceptors (Lipinski definition) is 7. The van der Waals surface area contributed by atoms with E-state index in [9.17, 15) is 4.79 Å². The fourth-order valence-electron chi connectivity index (χ4n) is 2.74. The van der Waals surface area contributed by atoms with E-state index in [1.54, 1.807) is 30.1 Å². The molecule has 0 radical (unpaired) electrons. The highest BCUT2D eigenvalue weighted by Gasteiger charge is 2.09. The maximum atomic E-state index is 11.8. The van der Waals surface area contributed by atoms with Crippen LogP contribution in [0, 0.1) is 6.92 Å². The summed E-state index contributed by atoms with van der Waals surface area (Å²) in [7, 11) is 0. The third-order valence-corrected chi connectivity index (χ3v) is 5.34. The molecule has 0 aliphatic heterocycles. The van der Waals surface area contributed by atoms with Crippen LogP contribution in [0.3, 0.4) is 0 Å². The minimum absolute atomic E-state index is 0.192. The molecule has 4 aromatic rings. The van der Waals surface area contributed by atoms with Gasteiger partial charge in [-0.15, -0.1) is 16.9 Å².